The first-order chi connectivity index (χ1) is 10.4. The lowest BCUT2D eigenvalue weighted by atomic mass is 10.1. The van der Waals surface area contributed by atoms with E-state index in [-0.39, 0.29) is 11.6 Å². The van der Waals surface area contributed by atoms with Crippen molar-refractivity contribution < 1.29 is 9.53 Å². The smallest absolute Gasteiger partial charge is 0.414 e. The summed E-state index contributed by atoms with van der Waals surface area (Å²) in [7, 11) is 0. The highest BCUT2D eigenvalue weighted by Gasteiger charge is 2.45. The van der Waals surface area contributed by atoms with E-state index in [1.807, 2.05) is 37.7 Å². The third-order valence-electron chi connectivity index (χ3n) is 4.23. The summed E-state index contributed by atoms with van der Waals surface area (Å²) in [6.07, 6.45) is 7.51. The van der Waals surface area contributed by atoms with Gasteiger partial charge in [-0.2, -0.15) is 5.10 Å². The average molecular weight is 300 g/mol. The second kappa shape index (κ2) is 4.21. The van der Waals surface area contributed by atoms with E-state index in [4.69, 9.17) is 4.74 Å². The number of hydrogen-bond acceptors (Lipinski definition) is 4. The molecule has 2 aliphatic heterocycles. The van der Waals surface area contributed by atoms with Crippen LogP contribution in [0.5, 0.6) is 0 Å². The normalized spacial score (nSPS) is 20.8. The fourth-order valence-electron chi connectivity index (χ4n) is 2.87. The van der Waals surface area contributed by atoms with Crippen molar-refractivity contribution in [1.82, 2.24) is 14.7 Å². The number of rotatable bonds is 0. The molecule has 0 N–H and O–H groups in total. The van der Waals surface area contributed by atoms with Gasteiger partial charge in [-0.15, -0.1) is 0 Å². The number of carbonyl (C=O) groups is 1. The lowest BCUT2D eigenvalue weighted by Gasteiger charge is -2.26. The van der Waals surface area contributed by atoms with Crippen molar-refractivity contribution in [1.29, 1.82) is 0 Å². The third kappa shape index (κ3) is 2.23. The van der Waals surface area contributed by atoms with Crippen LogP contribution in [0.4, 0.5) is 4.79 Å². The molecule has 0 atom stereocenters. The third-order valence-corrected chi connectivity index (χ3v) is 4.23. The number of aromatic nitrogens is 2. The Morgan fingerprint density at radius 1 is 1.36 bits per heavy atom. The second-order valence-electron chi connectivity index (χ2n) is 7.31. The largest absolute Gasteiger partial charge is 0.443 e. The van der Waals surface area contributed by atoms with Crippen molar-refractivity contribution in [2.75, 3.05) is 0 Å². The first kappa shape index (κ1) is 13.5. The van der Waals surface area contributed by atoms with E-state index in [0.29, 0.717) is 6.54 Å². The number of carbonyl (C=O) groups excluding carboxylic acids is 1. The molecule has 0 radical (unpaired) electrons. The van der Waals surface area contributed by atoms with Gasteiger partial charge in [-0.1, -0.05) is 0 Å². The lowest BCUT2D eigenvalue weighted by molar-refractivity contribution is 0.0322. The van der Waals surface area contributed by atoms with Crippen LogP contribution in [0.1, 0.15) is 50.6 Å². The van der Waals surface area contributed by atoms with Crippen molar-refractivity contribution in [3.63, 3.8) is 0 Å². The minimum atomic E-state index is -0.497. The minimum absolute atomic E-state index is 0.107. The topological polar surface area (TPSA) is 59.7 Å². The van der Waals surface area contributed by atoms with Crippen LogP contribution in [0.15, 0.2) is 11.2 Å². The maximum absolute atomic E-state index is 12.2. The predicted octanol–water partition coefficient (Wildman–Crippen LogP) is 2.57. The maximum atomic E-state index is 12.2. The van der Waals surface area contributed by atoms with E-state index in [1.165, 1.54) is 0 Å². The monoisotopic (exact) mass is 300 g/mol. The van der Waals surface area contributed by atoms with Gasteiger partial charge in [0.05, 0.1) is 30.0 Å². The summed E-state index contributed by atoms with van der Waals surface area (Å²) in [6, 6.07) is 0. The molecule has 0 aromatic carbocycles. The number of hydrogen-bond donors (Lipinski definition) is 0. The fourth-order valence-corrected chi connectivity index (χ4v) is 2.87. The predicted molar refractivity (Wildman–Crippen MR) is 82.6 cm³/mol. The van der Waals surface area contributed by atoms with Crippen LogP contribution in [0.25, 0.3) is 6.08 Å². The Morgan fingerprint density at radius 3 is 2.82 bits per heavy atom. The molecule has 116 valence electrons. The number of fused-ring (bicyclic) bond motifs is 3. The summed E-state index contributed by atoms with van der Waals surface area (Å²) in [6.45, 7) is 6.94. The molecule has 6 heteroatoms. The minimum Gasteiger partial charge on any atom is -0.443 e. The molecule has 1 fully saturated rings. The number of ether oxygens (including phenoxy) is 1. The molecule has 6 nitrogen and oxygen atoms in total. The average Bonchev–Trinajstić information content (AvgIpc) is 3.07. The zero-order valence-corrected chi connectivity index (χ0v) is 13.2. The zero-order valence-electron chi connectivity index (χ0n) is 13.2. The van der Waals surface area contributed by atoms with E-state index < -0.39 is 5.60 Å². The summed E-state index contributed by atoms with van der Waals surface area (Å²) in [4.78, 5) is 18.5. The number of nitrogens with zero attached hydrogens (tertiary/aromatic N) is 4. The lowest BCUT2D eigenvalue weighted by Crippen LogP contribution is -2.34. The Bertz CT molecular complexity index is 704. The van der Waals surface area contributed by atoms with Crippen molar-refractivity contribution in [2.24, 2.45) is 4.99 Å². The Kier molecular flexibility index (Phi) is 2.59. The molecular weight excluding hydrogens is 280 g/mol. The second-order valence-corrected chi connectivity index (χ2v) is 7.31. The van der Waals surface area contributed by atoms with Crippen LogP contribution >= 0.6 is 0 Å². The molecule has 3 aliphatic rings. The van der Waals surface area contributed by atoms with Gasteiger partial charge in [0.15, 0.2) is 0 Å². The van der Waals surface area contributed by atoms with E-state index >= 15 is 0 Å². The van der Waals surface area contributed by atoms with Gasteiger partial charge in [-0.25, -0.2) is 4.79 Å². The van der Waals surface area contributed by atoms with Gasteiger partial charge in [-0.3, -0.25) is 14.6 Å². The maximum Gasteiger partial charge on any atom is 0.414 e. The Hall–Kier alpha value is -2.11. The molecule has 1 spiro atoms. The van der Waals surface area contributed by atoms with E-state index in [2.05, 4.69) is 10.1 Å². The molecular formula is C16H20N4O2. The Labute approximate surface area is 129 Å². The van der Waals surface area contributed by atoms with E-state index in [0.717, 1.165) is 36.3 Å². The van der Waals surface area contributed by atoms with Gasteiger partial charge in [0.1, 0.15) is 5.60 Å². The molecule has 1 aromatic heterocycles. The van der Waals surface area contributed by atoms with Gasteiger partial charge in [0.25, 0.3) is 0 Å². The molecule has 3 heterocycles. The summed E-state index contributed by atoms with van der Waals surface area (Å²) < 4.78 is 7.47. The highest BCUT2D eigenvalue weighted by atomic mass is 16.6. The van der Waals surface area contributed by atoms with Crippen molar-refractivity contribution in [2.45, 2.75) is 57.8 Å². The van der Waals surface area contributed by atoms with E-state index in [9.17, 15) is 4.79 Å². The van der Waals surface area contributed by atoms with E-state index in [1.54, 1.807) is 11.1 Å². The molecule has 4 rings (SSSR count). The number of amides is 1. The summed E-state index contributed by atoms with van der Waals surface area (Å²) >= 11 is 0. The quantitative estimate of drug-likeness (QED) is 0.740. The standard InChI is InChI=1S/C16H20N4O2/c1-15(2,3)22-14(21)19-7-4-12-11(9-19)13-8-17-16(5-6-16)10-20(13)18-12/h4,7-8H,5-6,9-10H2,1-3H3. The molecule has 0 unspecified atom stereocenters. The highest BCUT2D eigenvalue weighted by molar-refractivity contribution is 5.84. The summed E-state index contributed by atoms with van der Waals surface area (Å²) in [5.41, 5.74) is 2.61. The Morgan fingerprint density at radius 2 is 2.14 bits per heavy atom. The number of aliphatic imine (C=N–C) groups is 1. The molecule has 1 aliphatic carbocycles. The van der Waals surface area contributed by atoms with Crippen molar-refractivity contribution >= 4 is 18.4 Å². The first-order valence-electron chi connectivity index (χ1n) is 7.68. The van der Waals surface area contributed by atoms with Crippen molar-refractivity contribution in [3.05, 3.63) is 23.2 Å². The zero-order chi connectivity index (χ0) is 15.5. The van der Waals surface area contributed by atoms with Crippen LogP contribution in [-0.2, 0) is 17.8 Å². The van der Waals surface area contributed by atoms with Gasteiger partial charge in [0, 0.05) is 18.0 Å². The van der Waals surface area contributed by atoms with Gasteiger partial charge >= 0.3 is 6.09 Å². The molecule has 0 bridgehead atoms. The highest BCUT2D eigenvalue weighted by Crippen LogP contribution is 2.43. The van der Waals surface area contributed by atoms with Crippen LogP contribution in [0.3, 0.4) is 0 Å². The fraction of sp³-hybridized carbons (Fsp3) is 0.562. The van der Waals surface area contributed by atoms with Crippen LogP contribution in [0.2, 0.25) is 0 Å². The Balaban J connectivity index is 1.59. The van der Waals surface area contributed by atoms with Gasteiger partial charge in [-0.05, 0) is 39.7 Å². The van der Waals surface area contributed by atoms with Crippen molar-refractivity contribution in [3.8, 4) is 0 Å². The van der Waals surface area contributed by atoms with Gasteiger partial charge in [0.2, 0.25) is 0 Å². The van der Waals surface area contributed by atoms with Crippen LogP contribution in [0, 0.1) is 0 Å². The van der Waals surface area contributed by atoms with Crippen LogP contribution < -0.4 is 0 Å². The first-order valence-corrected chi connectivity index (χ1v) is 7.68. The molecule has 1 amide bonds. The SMILES string of the molecule is CC(C)(C)OC(=O)N1C=Cc2nn3c(c2C1)C=NC1(CC1)C3. The molecule has 0 saturated heterocycles. The van der Waals surface area contributed by atoms with Crippen LogP contribution in [-0.4, -0.2) is 38.1 Å². The molecule has 22 heavy (non-hydrogen) atoms. The summed E-state index contributed by atoms with van der Waals surface area (Å²) in [5.74, 6) is 0. The van der Waals surface area contributed by atoms with Gasteiger partial charge < -0.3 is 4.74 Å². The molecule has 1 aromatic rings. The summed E-state index contributed by atoms with van der Waals surface area (Å²) in [5, 5.41) is 4.66. The molecule has 1 saturated carbocycles.